The molecule has 1 aliphatic carbocycles. The molecule has 0 heterocycles. The van der Waals surface area contributed by atoms with Gasteiger partial charge in [0.05, 0.1) is 27.8 Å². The summed E-state index contributed by atoms with van der Waals surface area (Å²) >= 11 is 0. The quantitative estimate of drug-likeness (QED) is 0.162. The van der Waals surface area contributed by atoms with Crippen LogP contribution >= 0.6 is 0 Å². The van der Waals surface area contributed by atoms with Gasteiger partial charge in [0.2, 0.25) is 0 Å². The molecule has 5 nitrogen and oxygen atoms in total. The number of hydrogen-bond donors (Lipinski definition) is 0. The van der Waals surface area contributed by atoms with Crippen LogP contribution in [-0.4, -0.2) is 0 Å². The molecular formula is C30H3F12N5. The third-order valence-corrected chi connectivity index (χ3v) is 6.79. The fraction of sp³-hybridized carbons (Fsp3) is 0.0333. The first-order valence-corrected chi connectivity index (χ1v) is 11.9. The van der Waals surface area contributed by atoms with Gasteiger partial charge in [-0.05, 0) is 18.1 Å². The van der Waals surface area contributed by atoms with E-state index in [4.69, 9.17) is 15.8 Å². The normalized spacial score (nSPS) is 14.0. The van der Waals surface area contributed by atoms with Crippen molar-refractivity contribution in [1.29, 1.82) is 26.3 Å². The molecule has 0 saturated heterocycles. The van der Waals surface area contributed by atoms with Crippen molar-refractivity contribution in [3.8, 4) is 30.3 Å². The number of rotatable bonds is 3. The third-order valence-electron chi connectivity index (χ3n) is 6.79. The van der Waals surface area contributed by atoms with Crippen LogP contribution in [0.3, 0.4) is 0 Å². The second-order valence-electron chi connectivity index (χ2n) is 9.08. The lowest BCUT2D eigenvalue weighted by atomic mass is 9.99. The van der Waals surface area contributed by atoms with Gasteiger partial charge >= 0.3 is 0 Å². The first-order valence-electron chi connectivity index (χ1n) is 11.9. The highest BCUT2D eigenvalue weighted by Gasteiger charge is 2.45. The van der Waals surface area contributed by atoms with Crippen LogP contribution in [0.2, 0.25) is 0 Å². The lowest BCUT2D eigenvalue weighted by Gasteiger charge is -2.09. The van der Waals surface area contributed by atoms with Crippen LogP contribution in [0.4, 0.5) is 52.7 Å². The Morgan fingerprint density at radius 2 is 0.596 bits per heavy atom. The fourth-order valence-electron chi connectivity index (χ4n) is 4.62. The zero-order valence-electron chi connectivity index (χ0n) is 22.3. The molecule has 232 valence electrons. The Morgan fingerprint density at radius 1 is 0.362 bits per heavy atom. The molecule has 3 aromatic rings. The maximum atomic E-state index is 15.0. The minimum absolute atomic E-state index is 0.554. The fourth-order valence-corrected chi connectivity index (χ4v) is 4.62. The molecule has 0 aromatic heterocycles. The predicted octanol–water partition coefficient (Wildman–Crippen LogP) is 7.71. The molecule has 0 atom stereocenters. The van der Waals surface area contributed by atoms with Crippen LogP contribution in [0.5, 0.6) is 0 Å². The summed E-state index contributed by atoms with van der Waals surface area (Å²) in [5, 5.41) is 46.1. The van der Waals surface area contributed by atoms with Gasteiger partial charge in [-0.1, -0.05) is 0 Å². The molecule has 0 unspecified atom stereocenters. The summed E-state index contributed by atoms with van der Waals surface area (Å²) < 4.78 is 177. The number of nitrogens with zero attached hydrogens (tertiary/aromatic N) is 5. The average Bonchev–Trinajstić information content (AvgIpc) is 3.77. The topological polar surface area (TPSA) is 119 Å². The molecule has 0 N–H and O–H groups in total. The van der Waals surface area contributed by atoms with Crippen molar-refractivity contribution < 1.29 is 52.7 Å². The zero-order valence-corrected chi connectivity index (χ0v) is 22.3. The highest BCUT2D eigenvalue weighted by Crippen LogP contribution is 2.57. The Labute approximate surface area is 253 Å². The van der Waals surface area contributed by atoms with E-state index in [1.807, 2.05) is 0 Å². The molecule has 1 aliphatic rings. The molecule has 0 aliphatic heterocycles. The zero-order chi connectivity index (χ0) is 35.4. The molecule has 3 aromatic carbocycles. The van der Waals surface area contributed by atoms with Crippen LogP contribution in [-0.2, 0) is 0 Å². The van der Waals surface area contributed by atoms with E-state index >= 15 is 26.3 Å². The van der Waals surface area contributed by atoms with Gasteiger partial charge in [-0.25, -0.2) is 52.7 Å². The molecule has 0 spiro atoms. The highest BCUT2D eigenvalue weighted by atomic mass is 19.2. The van der Waals surface area contributed by atoms with Gasteiger partial charge in [-0.15, -0.1) is 0 Å². The second kappa shape index (κ2) is 11.8. The summed E-state index contributed by atoms with van der Waals surface area (Å²) in [5.74, 6) is -28.6. The SMILES string of the molecule is CC(=C1C(=C(C#N)c2c(F)c(F)c(C#N)c(F)c2F)C1=C(C#N)c1c(F)c(F)c(C#N)c(F)c1F)c1c(F)c(F)c(C#N)c(F)c1F. The Hall–Kier alpha value is -6.51. The Balaban J connectivity index is 2.33. The molecule has 0 amide bonds. The van der Waals surface area contributed by atoms with Gasteiger partial charge in [-0.3, -0.25) is 0 Å². The van der Waals surface area contributed by atoms with Crippen LogP contribution in [0.1, 0.15) is 40.3 Å². The van der Waals surface area contributed by atoms with E-state index in [-0.39, 0.29) is 0 Å². The monoisotopic (exact) mass is 661 g/mol. The molecule has 4 rings (SSSR count). The van der Waals surface area contributed by atoms with E-state index in [0.29, 0.717) is 6.92 Å². The lowest BCUT2D eigenvalue weighted by molar-refractivity contribution is 0.446. The van der Waals surface area contributed by atoms with Crippen LogP contribution in [0.15, 0.2) is 16.7 Å². The van der Waals surface area contributed by atoms with Crippen LogP contribution in [0, 0.1) is 126 Å². The van der Waals surface area contributed by atoms with E-state index in [0.717, 1.165) is 30.3 Å². The Kier molecular flexibility index (Phi) is 8.36. The first-order chi connectivity index (χ1) is 22.1. The van der Waals surface area contributed by atoms with Crippen molar-refractivity contribution in [2.75, 3.05) is 0 Å². The van der Waals surface area contributed by atoms with E-state index < -0.39 is 137 Å². The molecule has 17 heteroatoms. The Bertz CT molecular complexity index is 2130. The summed E-state index contributed by atoms with van der Waals surface area (Å²) in [7, 11) is 0. The van der Waals surface area contributed by atoms with Gasteiger partial charge in [0, 0.05) is 11.1 Å². The third kappa shape index (κ3) is 4.63. The lowest BCUT2D eigenvalue weighted by Crippen LogP contribution is -2.06. The largest absolute Gasteiger partial charge is 0.203 e. The van der Waals surface area contributed by atoms with Crippen LogP contribution in [0.25, 0.3) is 16.7 Å². The molecule has 47 heavy (non-hydrogen) atoms. The first kappa shape index (κ1) is 33.4. The minimum atomic E-state index is -2.45. The van der Waals surface area contributed by atoms with Crippen molar-refractivity contribution in [2.24, 2.45) is 0 Å². The van der Waals surface area contributed by atoms with Crippen molar-refractivity contribution in [3.63, 3.8) is 0 Å². The van der Waals surface area contributed by atoms with Crippen molar-refractivity contribution in [2.45, 2.75) is 6.92 Å². The van der Waals surface area contributed by atoms with Gasteiger partial charge < -0.3 is 0 Å². The second-order valence-corrected chi connectivity index (χ2v) is 9.08. The molecule has 1 saturated carbocycles. The van der Waals surface area contributed by atoms with Gasteiger partial charge in [0.25, 0.3) is 0 Å². The number of nitriles is 5. The van der Waals surface area contributed by atoms with E-state index in [9.17, 15) is 36.9 Å². The molecular weight excluding hydrogens is 658 g/mol. The maximum absolute atomic E-state index is 15.0. The van der Waals surface area contributed by atoms with E-state index in [1.165, 1.54) is 0 Å². The van der Waals surface area contributed by atoms with Crippen molar-refractivity contribution in [1.82, 2.24) is 0 Å². The van der Waals surface area contributed by atoms with E-state index in [2.05, 4.69) is 0 Å². The standard InChI is InChI=1S/C30H3F12N5/c1-7(14-25(37)19(31)10(4-45)20(32)26(14)38)13-15(8(2-43)17-27(39)21(33)11(5-46)22(34)28(17)40)16(13)9(3-44)18-29(41)23(35)12(6-47)24(36)30(18)42/h1H3. The van der Waals surface area contributed by atoms with Gasteiger partial charge in [0.1, 0.15) is 47.0 Å². The number of benzene rings is 3. The van der Waals surface area contributed by atoms with Gasteiger partial charge in [0.15, 0.2) is 69.8 Å². The average molecular weight is 661 g/mol. The number of halogens is 12. The number of hydrogen-bond acceptors (Lipinski definition) is 5. The summed E-state index contributed by atoms with van der Waals surface area (Å²) in [6, 6.07) is 4.51. The summed E-state index contributed by atoms with van der Waals surface area (Å²) in [5.41, 5.74) is -19.1. The summed E-state index contributed by atoms with van der Waals surface area (Å²) in [6.45, 7) is 0.554. The summed E-state index contributed by atoms with van der Waals surface area (Å²) in [4.78, 5) is 0. The smallest absolute Gasteiger partial charge is 0.180 e. The van der Waals surface area contributed by atoms with Crippen LogP contribution < -0.4 is 0 Å². The maximum Gasteiger partial charge on any atom is 0.180 e. The Morgan fingerprint density at radius 3 is 0.809 bits per heavy atom. The number of allylic oxidation sites excluding steroid dienone is 6. The minimum Gasteiger partial charge on any atom is -0.203 e. The van der Waals surface area contributed by atoms with Crippen molar-refractivity contribution in [3.05, 3.63) is 120 Å². The molecule has 0 bridgehead atoms. The van der Waals surface area contributed by atoms with Crippen molar-refractivity contribution >= 4 is 16.7 Å². The van der Waals surface area contributed by atoms with E-state index in [1.54, 1.807) is 0 Å². The predicted molar refractivity (Wildman–Crippen MR) is 131 cm³/mol. The summed E-state index contributed by atoms with van der Waals surface area (Å²) in [6.07, 6.45) is 0. The molecule has 1 fully saturated rings. The van der Waals surface area contributed by atoms with Gasteiger partial charge in [-0.2, -0.15) is 26.3 Å². The molecule has 0 radical (unpaired) electrons. The highest BCUT2D eigenvalue weighted by molar-refractivity contribution is 6.10.